The highest BCUT2D eigenvalue weighted by Crippen LogP contribution is 2.37. The van der Waals surface area contributed by atoms with Gasteiger partial charge < -0.3 is 9.84 Å². The number of aliphatic hydroxyl groups excluding tert-OH is 1. The molecule has 1 aliphatic carbocycles. The first kappa shape index (κ1) is 13.0. The number of unbranched alkanes of at least 4 members (excludes halogenated alkanes) is 3. The SMILES string of the molecule is CCCCCCC(O)C1(OC)CCCC1. The fourth-order valence-electron chi connectivity index (χ4n) is 2.67. The van der Waals surface area contributed by atoms with Crippen LogP contribution in [0.3, 0.4) is 0 Å². The van der Waals surface area contributed by atoms with Crippen LogP contribution < -0.4 is 0 Å². The van der Waals surface area contributed by atoms with Crippen LogP contribution in [0.25, 0.3) is 0 Å². The fourth-order valence-corrected chi connectivity index (χ4v) is 2.67. The van der Waals surface area contributed by atoms with Crippen LogP contribution >= 0.6 is 0 Å². The maximum absolute atomic E-state index is 10.2. The number of methoxy groups -OCH3 is 1. The van der Waals surface area contributed by atoms with Gasteiger partial charge in [-0.05, 0) is 19.3 Å². The smallest absolute Gasteiger partial charge is 0.0936 e. The van der Waals surface area contributed by atoms with E-state index in [1.807, 2.05) is 0 Å². The fraction of sp³-hybridized carbons (Fsp3) is 1.00. The third-order valence-electron chi connectivity index (χ3n) is 3.79. The zero-order valence-electron chi connectivity index (χ0n) is 10.3. The molecule has 0 spiro atoms. The molecule has 1 unspecified atom stereocenters. The number of aliphatic hydroxyl groups is 1. The van der Waals surface area contributed by atoms with Crippen molar-refractivity contribution in [2.75, 3.05) is 7.11 Å². The first-order valence-electron chi connectivity index (χ1n) is 6.48. The second-order valence-corrected chi connectivity index (χ2v) is 4.84. The molecule has 1 N–H and O–H groups in total. The van der Waals surface area contributed by atoms with Crippen molar-refractivity contribution in [1.29, 1.82) is 0 Å². The number of ether oxygens (including phenoxy) is 1. The molecule has 0 aromatic rings. The molecule has 0 aromatic carbocycles. The molecule has 1 aliphatic rings. The molecule has 0 bridgehead atoms. The van der Waals surface area contributed by atoms with E-state index < -0.39 is 0 Å². The van der Waals surface area contributed by atoms with E-state index in [1.165, 1.54) is 32.1 Å². The molecular weight excluding hydrogens is 188 g/mol. The van der Waals surface area contributed by atoms with Crippen LogP contribution in [0.5, 0.6) is 0 Å². The first-order valence-corrected chi connectivity index (χ1v) is 6.48. The summed E-state index contributed by atoms with van der Waals surface area (Å²) in [5.74, 6) is 0. The standard InChI is InChI=1S/C13H26O2/c1-3-4-5-6-9-12(14)13(15-2)10-7-8-11-13/h12,14H,3-11H2,1-2H3. The largest absolute Gasteiger partial charge is 0.390 e. The van der Waals surface area contributed by atoms with Gasteiger partial charge in [-0.25, -0.2) is 0 Å². The Morgan fingerprint density at radius 2 is 1.87 bits per heavy atom. The molecule has 1 rings (SSSR count). The van der Waals surface area contributed by atoms with Crippen LogP contribution in [-0.2, 0) is 4.74 Å². The summed E-state index contributed by atoms with van der Waals surface area (Å²) in [6.45, 7) is 2.21. The summed E-state index contributed by atoms with van der Waals surface area (Å²) in [4.78, 5) is 0. The molecule has 2 heteroatoms. The minimum atomic E-state index is -0.248. The van der Waals surface area contributed by atoms with Crippen molar-refractivity contribution >= 4 is 0 Å². The van der Waals surface area contributed by atoms with Gasteiger partial charge in [0.2, 0.25) is 0 Å². The zero-order chi connectivity index (χ0) is 11.1. The Balaban J connectivity index is 2.27. The molecular formula is C13H26O2. The molecule has 0 radical (unpaired) electrons. The Hall–Kier alpha value is -0.0800. The van der Waals surface area contributed by atoms with Crippen molar-refractivity contribution in [3.63, 3.8) is 0 Å². The lowest BCUT2D eigenvalue weighted by atomic mass is 9.90. The van der Waals surface area contributed by atoms with Crippen LogP contribution in [0.15, 0.2) is 0 Å². The summed E-state index contributed by atoms with van der Waals surface area (Å²) in [6, 6.07) is 0. The molecule has 0 amide bonds. The monoisotopic (exact) mass is 214 g/mol. The summed E-state index contributed by atoms with van der Waals surface area (Å²) in [5, 5.41) is 10.2. The van der Waals surface area contributed by atoms with Gasteiger partial charge in [0.05, 0.1) is 11.7 Å². The van der Waals surface area contributed by atoms with Gasteiger partial charge in [-0.15, -0.1) is 0 Å². The summed E-state index contributed by atoms with van der Waals surface area (Å²) < 4.78 is 5.57. The van der Waals surface area contributed by atoms with E-state index in [0.717, 1.165) is 25.7 Å². The molecule has 1 saturated carbocycles. The number of hydrogen-bond donors (Lipinski definition) is 1. The molecule has 2 nitrogen and oxygen atoms in total. The second kappa shape index (κ2) is 6.49. The quantitative estimate of drug-likeness (QED) is 0.659. The summed E-state index contributed by atoms with van der Waals surface area (Å²) >= 11 is 0. The normalized spacial score (nSPS) is 21.8. The van der Waals surface area contributed by atoms with Crippen molar-refractivity contribution < 1.29 is 9.84 Å². The predicted molar refractivity (Wildman–Crippen MR) is 63.0 cm³/mol. The highest BCUT2D eigenvalue weighted by atomic mass is 16.5. The third kappa shape index (κ3) is 3.46. The topological polar surface area (TPSA) is 29.5 Å². The Labute approximate surface area is 94.0 Å². The Bertz CT molecular complexity index is 162. The minimum absolute atomic E-state index is 0.202. The van der Waals surface area contributed by atoms with E-state index in [-0.39, 0.29) is 11.7 Å². The molecule has 90 valence electrons. The molecule has 0 aliphatic heterocycles. The first-order chi connectivity index (χ1) is 7.25. The van der Waals surface area contributed by atoms with E-state index in [1.54, 1.807) is 7.11 Å². The van der Waals surface area contributed by atoms with E-state index in [9.17, 15) is 5.11 Å². The van der Waals surface area contributed by atoms with Crippen molar-refractivity contribution in [1.82, 2.24) is 0 Å². The predicted octanol–water partition coefficient (Wildman–Crippen LogP) is 3.28. The van der Waals surface area contributed by atoms with Crippen LogP contribution in [0.2, 0.25) is 0 Å². The third-order valence-corrected chi connectivity index (χ3v) is 3.79. The lowest BCUT2D eigenvalue weighted by Gasteiger charge is -2.32. The minimum Gasteiger partial charge on any atom is -0.390 e. The van der Waals surface area contributed by atoms with Gasteiger partial charge in [0.25, 0.3) is 0 Å². The van der Waals surface area contributed by atoms with Gasteiger partial charge in [0, 0.05) is 7.11 Å². The van der Waals surface area contributed by atoms with Crippen LogP contribution in [0.1, 0.15) is 64.7 Å². The van der Waals surface area contributed by atoms with E-state index in [2.05, 4.69) is 6.92 Å². The summed E-state index contributed by atoms with van der Waals surface area (Å²) in [5.41, 5.74) is -0.202. The van der Waals surface area contributed by atoms with E-state index in [0.29, 0.717) is 0 Å². The Kier molecular flexibility index (Phi) is 5.62. The highest BCUT2D eigenvalue weighted by molar-refractivity contribution is 4.92. The van der Waals surface area contributed by atoms with Gasteiger partial charge >= 0.3 is 0 Å². The maximum Gasteiger partial charge on any atom is 0.0936 e. The van der Waals surface area contributed by atoms with Crippen molar-refractivity contribution in [3.05, 3.63) is 0 Å². The van der Waals surface area contributed by atoms with Gasteiger partial charge in [-0.1, -0.05) is 45.4 Å². The summed E-state index contributed by atoms with van der Waals surface area (Å²) in [6.07, 6.45) is 10.1. The van der Waals surface area contributed by atoms with Crippen LogP contribution in [0, 0.1) is 0 Å². The Morgan fingerprint density at radius 3 is 2.40 bits per heavy atom. The lowest BCUT2D eigenvalue weighted by Crippen LogP contribution is -2.41. The molecule has 0 heterocycles. The van der Waals surface area contributed by atoms with Gasteiger partial charge in [0.1, 0.15) is 0 Å². The van der Waals surface area contributed by atoms with Crippen molar-refractivity contribution in [2.24, 2.45) is 0 Å². The van der Waals surface area contributed by atoms with Gasteiger partial charge in [-0.2, -0.15) is 0 Å². The van der Waals surface area contributed by atoms with Crippen molar-refractivity contribution in [2.45, 2.75) is 76.4 Å². The molecule has 1 fully saturated rings. The van der Waals surface area contributed by atoms with Crippen LogP contribution in [-0.4, -0.2) is 23.9 Å². The Morgan fingerprint density at radius 1 is 1.20 bits per heavy atom. The van der Waals surface area contributed by atoms with Gasteiger partial charge in [-0.3, -0.25) is 0 Å². The number of rotatable bonds is 7. The van der Waals surface area contributed by atoms with Crippen molar-refractivity contribution in [3.8, 4) is 0 Å². The second-order valence-electron chi connectivity index (χ2n) is 4.84. The summed E-state index contributed by atoms with van der Waals surface area (Å²) in [7, 11) is 1.75. The zero-order valence-corrected chi connectivity index (χ0v) is 10.3. The number of hydrogen-bond acceptors (Lipinski definition) is 2. The van der Waals surface area contributed by atoms with Gasteiger partial charge in [0.15, 0.2) is 0 Å². The average Bonchev–Trinajstić information content (AvgIpc) is 2.74. The molecule has 15 heavy (non-hydrogen) atoms. The average molecular weight is 214 g/mol. The van der Waals surface area contributed by atoms with Crippen LogP contribution in [0.4, 0.5) is 0 Å². The van der Waals surface area contributed by atoms with E-state index in [4.69, 9.17) is 4.74 Å². The molecule has 0 saturated heterocycles. The van der Waals surface area contributed by atoms with E-state index >= 15 is 0 Å². The maximum atomic E-state index is 10.2. The lowest BCUT2D eigenvalue weighted by molar-refractivity contribution is -0.101. The molecule has 1 atom stereocenters. The highest BCUT2D eigenvalue weighted by Gasteiger charge is 2.40. The molecule has 0 aromatic heterocycles.